The average molecular weight is 271 g/mol. The summed E-state index contributed by atoms with van der Waals surface area (Å²) in [4.78, 5) is 14.3. The van der Waals surface area contributed by atoms with E-state index >= 15 is 0 Å². The fraction of sp³-hybridized carbons (Fsp3) is 0.438. The molecule has 1 aliphatic rings. The molecule has 0 spiro atoms. The number of rotatable bonds is 3. The zero-order valence-corrected chi connectivity index (χ0v) is 11.9. The van der Waals surface area contributed by atoms with E-state index in [9.17, 15) is 4.79 Å². The molecule has 3 N–H and O–H groups in total. The molecule has 1 aliphatic heterocycles. The van der Waals surface area contributed by atoms with Gasteiger partial charge in [0.15, 0.2) is 0 Å². The first-order valence-corrected chi connectivity index (χ1v) is 6.98. The van der Waals surface area contributed by atoms with Crippen molar-refractivity contribution in [1.29, 1.82) is 0 Å². The van der Waals surface area contributed by atoms with E-state index < -0.39 is 0 Å². The van der Waals surface area contributed by atoms with Crippen LogP contribution in [-0.4, -0.2) is 43.5 Å². The lowest BCUT2D eigenvalue weighted by Crippen LogP contribution is -2.38. The Morgan fingerprint density at radius 2 is 2.20 bits per heavy atom. The maximum atomic E-state index is 12.0. The van der Waals surface area contributed by atoms with Crippen molar-refractivity contribution in [3.05, 3.63) is 35.4 Å². The van der Waals surface area contributed by atoms with Crippen LogP contribution in [0.3, 0.4) is 0 Å². The van der Waals surface area contributed by atoms with Crippen LogP contribution in [0.1, 0.15) is 28.8 Å². The summed E-state index contributed by atoms with van der Waals surface area (Å²) in [7, 11) is 2.11. The molecule has 1 amide bonds. The molecule has 0 aromatic heterocycles. The van der Waals surface area contributed by atoms with Crippen molar-refractivity contribution < 1.29 is 4.79 Å². The Hall–Kier alpha value is -1.83. The van der Waals surface area contributed by atoms with E-state index in [2.05, 4.69) is 29.1 Å². The molecule has 1 fully saturated rings. The molecule has 106 valence electrons. The number of carbonyl (C=O) groups is 1. The van der Waals surface area contributed by atoms with Gasteiger partial charge in [0.2, 0.25) is 0 Å². The van der Waals surface area contributed by atoms with E-state index in [0.717, 1.165) is 18.5 Å². The summed E-state index contributed by atoms with van der Waals surface area (Å²) in [5, 5.41) is 3.00. The lowest BCUT2D eigenvalue weighted by Gasteiger charge is -2.19. The van der Waals surface area contributed by atoms with E-state index in [4.69, 9.17) is 5.73 Å². The van der Waals surface area contributed by atoms with E-state index in [1.807, 2.05) is 12.1 Å². The van der Waals surface area contributed by atoms with Crippen LogP contribution in [0.25, 0.3) is 0 Å². The molecule has 4 heteroatoms. The molecule has 1 saturated heterocycles. The maximum absolute atomic E-state index is 12.0. The first-order chi connectivity index (χ1) is 9.70. The fourth-order valence-electron chi connectivity index (χ4n) is 2.41. The van der Waals surface area contributed by atoms with E-state index in [-0.39, 0.29) is 5.91 Å². The van der Waals surface area contributed by atoms with Crippen LogP contribution in [-0.2, 0) is 0 Å². The number of nitrogens with zero attached hydrogens (tertiary/aromatic N) is 1. The number of hydrogen-bond acceptors (Lipinski definition) is 3. The number of benzene rings is 1. The van der Waals surface area contributed by atoms with Crippen molar-refractivity contribution >= 4 is 5.91 Å². The molecule has 1 aromatic carbocycles. The monoisotopic (exact) mass is 271 g/mol. The van der Waals surface area contributed by atoms with Gasteiger partial charge in [-0.05, 0) is 50.7 Å². The zero-order chi connectivity index (χ0) is 14.4. The Kier molecular flexibility index (Phi) is 5.16. The lowest BCUT2D eigenvalue weighted by atomic mass is 10.1. The van der Waals surface area contributed by atoms with Gasteiger partial charge in [-0.25, -0.2) is 0 Å². The van der Waals surface area contributed by atoms with Gasteiger partial charge in [-0.3, -0.25) is 4.79 Å². The van der Waals surface area contributed by atoms with Crippen LogP contribution in [0.4, 0.5) is 0 Å². The summed E-state index contributed by atoms with van der Waals surface area (Å²) in [6.45, 7) is 2.18. The third-order valence-electron chi connectivity index (χ3n) is 3.65. The Balaban J connectivity index is 1.89. The molecule has 0 saturated carbocycles. The highest BCUT2D eigenvalue weighted by molar-refractivity contribution is 5.94. The second-order valence-corrected chi connectivity index (χ2v) is 5.07. The fourth-order valence-corrected chi connectivity index (χ4v) is 2.41. The third-order valence-corrected chi connectivity index (χ3v) is 3.65. The average Bonchev–Trinajstić information content (AvgIpc) is 2.88. The SMILES string of the molecule is CN1CCCC1CNC(=O)c1ccc(C#CCN)cc1. The van der Waals surface area contributed by atoms with Crippen molar-refractivity contribution in [2.75, 3.05) is 26.7 Å². The van der Waals surface area contributed by atoms with Crippen LogP contribution in [0.15, 0.2) is 24.3 Å². The lowest BCUT2D eigenvalue weighted by molar-refractivity contribution is 0.0943. The van der Waals surface area contributed by atoms with Gasteiger partial charge < -0.3 is 16.0 Å². The summed E-state index contributed by atoms with van der Waals surface area (Å²) in [6, 6.07) is 7.76. The summed E-state index contributed by atoms with van der Waals surface area (Å²) in [5.74, 6) is 5.71. The van der Waals surface area contributed by atoms with Crippen molar-refractivity contribution in [3.63, 3.8) is 0 Å². The molecule has 0 bridgehead atoms. The Morgan fingerprint density at radius 3 is 2.80 bits per heavy atom. The van der Waals surface area contributed by atoms with Gasteiger partial charge >= 0.3 is 0 Å². The molecule has 0 aliphatic carbocycles. The van der Waals surface area contributed by atoms with Gasteiger partial charge in [0.05, 0.1) is 6.54 Å². The molecule has 0 radical (unpaired) electrons. The number of carbonyl (C=O) groups excluding carboxylic acids is 1. The minimum absolute atomic E-state index is 0.0244. The number of likely N-dealkylation sites (tertiary alicyclic amines) is 1. The van der Waals surface area contributed by atoms with Crippen molar-refractivity contribution in [1.82, 2.24) is 10.2 Å². The summed E-state index contributed by atoms with van der Waals surface area (Å²) < 4.78 is 0. The van der Waals surface area contributed by atoms with Crippen LogP contribution in [0, 0.1) is 11.8 Å². The molecular formula is C16H21N3O. The standard InChI is InChI=1S/C16H21N3O/c1-19-11-3-5-15(19)12-18-16(20)14-8-6-13(7-9-14)4-2-10-17/h6-9,15H,3,5,10-12,17H2,1H3,(H,18,20). The minimum atomic E-state index is -0.0244. The summed E-state index contributed by atoms with van der Waals surface area (Å²) in [5.41, 5.74) is 6.87. The molecular weight excluding hydrogens is 250 g/mol. The van der Waals surface area contributed by atoms with Crippen molar-refractivity contribution in [2.45, 2.75) is 18.9 Å². The maximum Gasteiger partial charge on any atom is 0.251 e. The summed E-state index contributed by atoms with van der Waals surface area (Å²) >= 11 is 0. The van der Waals surface area contributed by atoms with Crippen molar-refractivity contribution in [2.24, 2.45) is 5.73 Å². The van der Waals surface area contributed by atoms with Crippen LogP contribution < -0.4 is 11.1 Å². The number of nitrogens with one attached hydrogen (secondary N) is 1. The third kappa shape index (κ3) is 3.83. The van der Waals surface area contributed by atoms with E-state index in [1.165, 1.54) is 6.42 Å². The largest absolute Gasteiger partial charge is 0.350 e. The Bertz CT molecular complexity index is 513. The molecule has 1 heterocycles. The van der Waals surface area contributed by atoms with Gasteiger partial charge in [0, 0.05) is 23.7 Å². The van der Waals surface area contributed by atoms with Crippen molar-refractivity contribution in [3.8, 4) is 11.8 Å². The highest BCUT2D eigenvalue weighted by Gasteiger charge is 2.21. The van der Waals surface area contributed by atoms with Crippen LogP contribution >= 0.6 is 0 Å². The molecule has 1 unspecified atom stereocenters. The second-order valence-electron chi connectivity index (χ2n) is 5.07. The van der Waals surface area contributed by atoms with Gasteiger partial charge in [0.1, 0.15) is 0 Å². The smallest absolute Gasteiger partial charge is 0.251 e. The normalized spacial score (nSPS) is 18.4. The number of nitrogens with two attached hydrogens (primary N) is 1. The number of hydrogen-bond donors (Lipinski definition) is 2. The highest BCUT2D eigenvalue weighted by Crippen LogP contribution is 2.13. The zero-order valence-electron chi connectivity index (χ0n) is 11.9. The number of likely N-dealkylation sites (N-methyl/N-ethyl adjacent to an activating group) is 1. The predicted molar refractivity (Wildman–Crippen MR) is 80.4 cm³/mol. The molecule has 1 atom stereocenters. The number of amides is 1. The highest BCUT2D eigenvalue weighted by atomic mass is 16.1. The predicted octanol–water partition coefficient (Wildman–Crippen LogP) is 0.821. The molecule has 20 heavy (non-hydrogen) atoms. The topological polar surface area (TPSA) is 58.4 Å². The first kappa shape index (κ1) is 14.6. The Morgan fingerprint density at radius 1 is 1.45 bits per heavy atom. The Labute approximate surface area is 120 Å². The van der Waals surface area contributed by atoms with Gasteiger partial charge in [-0.15, -0.1) is 0 Å². The first-order valence-electron chi connectivity index (χ1n) is 6.98. The van der Waals surface area contributed by atoms with E-state index in [1.54, 1.807) is 12.1 Å². The molecule has 1 aromatic rings. The van der Waals surface area contributed by atoms with Gasteiger partial charge in [-0.2, -0.15) is 0 Å². The molecule has 2 rings (SSSR count). The quantitative estimate of drug-likeness (QED) is 0.800. The summed E-state index contributed by atoms with van der Waals surface area (Å²) in [6.07, 6.45) is 2.37. The van der Waals surface area contributed by atoms with Gasteiger partial charge in [-0.1, -0.05) is 11.8 Å². The second kappa shape index (κ2) is 7.09. The van der Waals surface area contributed by atoms with Crippen LogP contribution in [0.2, 0.25) is 0 Å². The van der Waals surface area contributed by atoms with E-state index in [0.29, 0.717) is 24.7 Å². The minimum Gasteiger partial charge on any atom is -0.350 e. The van der Waals surface area contributed by atoms with Crippen LogP contribution in [0.5, 0.6) is 0 Å². The molecule has 4 nitrogen and oxygen atoms in total. The van der Waals surface area contributed by atoms with Gasteiger partial charge in [0.25, 0.3) is 5.91 Å².